The summed E-state index contributed by atoms with van der Waals surface area (Å²) < 4.78 is 5.49. The van der Waals surface area contributed by atoms with Crippen LogP contribution in [0.5, 0.6) is 5.75 Å². The number of ether oxygens (including phenoxy) is 1. The first-order valence-corrected chi connectivity index (χ1v) is 6.94. The van der Waals surface area contributed by atoms with Crippen LogP contribution >= 0.6 is 12.2 Å². The topological polar surface area (TPSA) is 50.4 Å². The Labute approximate surface area is 118 Å². The molecule has 4 nitrogen and oxygen atoms in total. The van der Waals surface area contributed by atoms with Crippen LogP contribution in [0.15, 0.2) is 24.3 Å². The van der Waals surface area contributed by atoms with Crippen LogP contribution < -0.4 is 15.4 Å². The van der Waals surface area contributed by atoms with Crippen LogP contribution in [0.3, 0.4) is 0 Å². The minimum Gasteiger partial charge on any atom is -0.494 e. The van der Waals surface area contributed by atoms with Crippen LogP contribution in [0.25, 0.3) is 0 Å². The van der Waals surface area contributed by atoms with E-state index in [1.165, 1.54) is 0 Å². The van der Waals surface area contributed by atoms with Gasteiger partial charge in [0.2, 0.25) is 5.91 Å². The van der Waals surface area contributed by atoms with Gasteiger partial charge in [-0.1, -0.05) is 6.92 Å². The maximum Gasteiger partial charge on any atom is 0.229 e. The summed E-state index contributed by atoms with van der Waals surface area (Å²) in [5, 5.41) is 6.02. The third kappa shape index (κ3) is 4.52. The highest BCUT2D eigenvalue weighted by molar-refractivity contribution is 7.80. The van der Waals surface area contributed by atoms with Gasteiger partial charge in [0.15, 0.2) is 5.11 Å². The van der Waals surface area contributed by atoms with Crippen LogP contribution in [0, 0.1) is 5.92 Å². The summed E-state index contributed by atoms with van der Waals surface area (Å²) in [5.41, 5.74) is 0.838. The molecular weight excluding hydrogens is 260 g/mol. The molecule has 0 heterocycles. The summed E-state index contributed by atoms with van der Waals surface area (Å²) in [7, 11) is 0. The van der Waals surface area contributed by atoms with Gasteiger partial charge in [0.05, 0.1) is 6.61 Å². The van der Waals surface area contributed by atoms with Crippen molar-refractivity contribution in [1.82, 2.24) is 5.32 Å². The van der Waals surface area contributed by atoms with Crippen molar-refractivity contribution in [2.24, 2.45) is 5.92 Å². The summed E-state index contributed by atoms with van der Waals surface area (Å²) in [6, 6.07) is 7.51. The van der Waals surface area contributed by atoms with E-state index in [4.69, 9.17) is 17.0 Å². The fourth-order valence-corrected chi connectivity index (χ4v) is 1.79. The van der Waals surface area contributed by atoms with Crippen molar-refractivity contribution in [3.05, 3.63) is 24.3 Å². The molecule has 0 bridgehead atoms. The van der Waals surface area contributed by atoms with Crippen LogP contribution in [0.1, 0.15) is 26.2 Å². The third-order valence-corrected chi connectivity index (χ3v) is 2.97. The van der Waals surface area contributed by atoms with Crippen LogP contribution in [0.4, 0.5) is 5.69 Å². The Bertz CT molecular complexity index is 455. The summed E-state index contributed by atoms with van der Waals surface area (Å²) in [6.07, 6.45) is 2.92. The number of carbonyl (C=O) groups excluding carboxylic acids is 1. The molecule has 0 atom stereocenters. The molecule has 5 heteroatoms. The lowest BCUT2D eigenvalue weighted by molar-refractivity contribution is -0.120. The maximum absolute atomic E-state index is 11.5. The summed E-state index contributed by atoms with van der Waals surface area (Å²) >= 11 is 5.09. The fourth-order valence-electron chi connectivity index (χ4n) is 1.58. The molecule has 2 N–H and O–H groups in total. The highest BCUT2D eigenvalue weighted by atomic mass is 32.1. The van der Waals surface area contributed by atoms with Gasteiger partial charge in [-0.05, 0) is 55.7 Å². The molecule has 1 fully saturated rings. The van der Waals surface area contributed by atoms with Crippen molar-refractivity contribution in [1.29, 1.82) is 0 Å². The first-order valence-electron chi connectivity index (χ1n) is 6.53. The molecule has 102 valence electrons. The predicted octanol–water partition coefficient (Wildman–Crippen LogP) is 2.70. The van der Waals surface area contributed by atoms with E-state index in [0.29, 0.717) is 11.7 Å². The molecule has 0 radical (unpaired) electrons. The Morgan fingerprint density at radius 2 is 2.05 bits per heavy atom. The molecule has 0 spiro atoms. The number of carbonyl (C=O) groups is 1. The number of benzene rings is 1. The highest BCUT2D eigenvalue weighted by Crippen LogP contribution is 2.28. The van der Waals surface area contributed by atoms with Gasteiger partial charge in [-0.3, -0.25) is 4.79 Å². The molecule has 0 unspecified atom stereocenters. The molecule has 1 amide bonds. The Hall–Kier alpha value is -1.62. The molecule has 2 rings (SSSR count). The molecule has 1 aliphatic rings. The fraction of sp³-hybridized carbons (Fsp3) is 0.429. The molecule has 1 aromatic rings. The molecular formula is C14H18N2O2S. The van der Waals surface area contributed by atoms with E-state index in [9.17, 15) is 4.79 Å². The summed E-state index contributed by atoms with van der Waals surface area (Å²) in [5.74, 6) is 1.00. The zero-order chi connectivity index (χ0) is 13.7. The van der Waals surface area contributed by atoms with Gasteiger partial charge in [0.25, 0.3) is 0 Å². The average Bonchev–Trinajstić information content (AvgIpc) is 3.22. The number of nitrogens with one attached hydrogen (secondary N) is 2. The maximum atomic E-state index is 11.5. The minimum atomic E-state index is 0.0143. The van der Waals surface area contributed by atoms with Crippen LogP contribution in [0.2, 0.25) is 0 Å². The molecule has 0 aromatic heterocycles. The van der Waals surface area contributed by atoms with E-state index in [1.807, 2.05) is 24.3 Å². The van der Waals surface area contributed by atoms with E-state index in [2.05, 4.69) is 17.6 Å². The van der Waals surface area contributed by atoms with Crippen molar-refractivity contribution in [2.45, 2.75) is 26.2 Å². The lowest BCUT2D eigenvalue weighted by Crippen LogP contribution is -2.35. The number of rotatable bonds is 5. The molecule has 19 heavy (non-hydrogen) atoms. The van der Waals surface area contributed by atoms with Gasteiger partial charge >= 0.3 is 0 Å². The average molecular weight is 278 g/mol. The number of amides is 1. The van der Waals surface area contributed by atoms with E-state index in [1.54, 1.807) is 0 Å². The Morgan fingerprint density at radius 3 is 2.63 bits per heavy atom. The van der Waals surface area contributed by atoms with Crippen LogP contribution in [-0.2, 0) is 4.79 Å². The molecule has 1 aromatic carbocycles. The first-order chi connectivity index (χ1) is 9.19. The summed E-state index contributed by atoms with van der Waals surface area (Å²) in [4.78, 5) is 11.5. The first kappa shape index (κ1) is 13.8. The van der Waals surface area contributed by atoms with E-state index >= 15 is 0 Å². The Balaban J connectivity index is 1.81. The van der Waals surface area contributed by atoms with Gasteiger partial charge in [-0.25, -0.2) is 0 Å². The second-order valence-corrected chi connectivity index (χ2v) is 5.00. The second-order valence-electron chi connectivity index (χ2n) is 4.59. The van der Waals surface area contributed by atoms with Gasteiger partial charge in [0.1, 0.15) is 5.75 Å². The summed E-state index contributed by atoms with van der Waals surface area (Å²) in [6.45, 7) is 2.78. The van der Waals surface area contributed by atoms with Gasteiger partial charge < -0.3 is 15.4 Å². The monoisotopic (exact) mass is 278 g/mol. The lowest BCUT2D eigenvalue weighted by atomic mass is 10.3. The number of anilines is 1. The smallest absolute Gasteiger partial charge is 0.229 e. The van der Waals surface area contributed by atoms with Gasteiger partial charge in [0, 0.05) is 11.6 Å². The van der Waals surface area contributed by atoms with Crippen molar-refractivity contribution in [2.75, 3.05) is 11.9 Å². The van der Waals surface area contributed by atoms with Crippen molar-refractivity contribution >= 4 is 28.9 Å². The largest absolute Gasteiger partial charge is 0.494 e. The Morgan fingerprint density at radius 1 is 1.37 bits per heavy atom. The number of thiocarbonyl (C=S) groups is 1. The zero-order valence-corrected chi connectivity index (χ0v) is 11.8. The normalized spacial score (nSPS) is 13.7. The van der Waals surface area contributed by atoms with Crippen molar-refractivity contribution in [3.63, 3.8) is 0 Å². The van der Waals surface area contributed by atoms with Crippen molar-refractivity contribution < 1.29 is 9.53 Å². The minimum absolute atomic E-state index is 0.0143. The SMILES string of the molecule is CCCOc1ccc(NC(=S)NC(=O)C2CC2)cc1. The number of hydrogen-bond donors (Lipinski definition) is 2. The predicted molar refractivity (Wildman–Crippen MR) is 79.3 cm³/mol. The van der Waals surface area contributed by atoms with E-state index in [-0.39, 0.29) is 11.8 Å². The molecule has 1 aliphatic carbocycles. The lowest BCUT2D eigenvalue weighted by Gasteiger charge is -2.10. The third-order valence-electron chi connectivity index (χ3n) is 2.77. The van der Waals surface area contributed by atoms with Crippen molar-refractivity contribution in [3.8, 4) is 5.75 Å². The van der Waals surface area contributed by atoms with Crippen LogP contribution in [-0.4, -0.2) is 17.6 Å². The highest BCUT2D eigenvalue weighted by Gasteiger charge is 2.29. The second kappa shape index (κ2) is 6.52. The quantitative estimate of drug-likeness (QED) is 0.813. The van der Waals surface area contributed by atoms with Gasteiger partial charge in [-0.15, -0.1) is 0 Å². The van der Waals surface area contributed by atoms with Gasteiger partial charge in [-0.2, -0.15) is 0 Å². The molecule has 1 saturated carbocycles. The zero-order valence-electron chi connectivity index (χ0n) is 10.9. The Kier molecular flexibility index (Phi) is 4.74. The van der Waals surface area contributed by atoms with E-state index in [0.717, 1.165) is 30.7 Å². The number of hydrogen-bond acceptors (Lipinski definition) is 3. The molecule has 0 saturated heterocycles. The molecule has 0 aliphatic heterocycles. The standard InChI is InChI=1S/C14H18N2O2S/c1-2-9-18-12-7-5-11(6-8-12)15-14(19)16-13(17)10-3-4-10/h5-8,10H,2-4,9H2,1H3,(H2,15,16,17,19). The van der Waals surface area contributed by atoms with E-state index < -0.39 is 0 Å².